The van der Waals surface area contributed by atoms with Gasteiger partial charge in [0.25, 0.3) is 0 Å². The number of alkyl halides is 3. The summed E-state index contributed by atoms with van der Waals surface area (Å²) in [5.41, 5.74) is 0. The number of nitrogens with zero attached hydrogens (tertiary/aromatic N) is 1. The summed E-state index contributed by atoms with van der Waals surface area (Å²) in [5, 5.41) is 0. The van der Waals surface area contributed by atoms with Gasteiger partial charge in [0.2, 0.25) is 0 Å². The monoisotopic (exact) mass is 167 g/mol. The first-order valence-electron chi connectivity index (χ1n) is 2.56. The Morgan fingerprint density at radius 1 is 1.36 bits per heavy atom. The molecular weight excluding hydrogens is 162 g/mol. The number of hydrogen-bond acceptors (Lipinski definition) is 1. The zero-order valence-electron chi connectivity index (χ0n) is 5.40. The van der Waals surface area contributed by atoms with Crippen LogP contribution in [0.5, 0.6) is 0 Å². The molecule has 0 fully saturated rings. The lowest BCUT2D eigenvalue weighted by atomic mass is 10.5. The van der Waals surface area contributed by atoms with Gasteiger partial charge in [-0.3, -0.25) is 0 Å². The lowest BCUT2D eigenvalue weighted by Gasteiger charge is -1.94. The summed E-state index contributed by atoms with van der Waals surface area (Å²) in [6, 6.07) is 0. The highest BCUT2D eigenvalue weighted by atomic mass is 19.4. The summed E-state index contributed by atoms with van der Waals surface area (Å²) in [5.74, 6) is -1.09. The molecule has 0 rings (SSSR count). The van der Waals surface area contributed by atoms with Crippen LogP contribution in [0.15, 0.2) is 29.6 Å². The molecule has 0 aromatic carbocycles. The Hall–Kier alpha value is -1.13. The average molecular weight is 167 g/mol. The molecule has 62 valence electrons. The van der Waals surface area contributed by atoms with E-state index in [1.165, 1.54) is 0 Å². The van der Waals surface area contributed by atoms with E-state index in [-0.39, 0.29) is 6.21 Å². The minimum absolute atomic E-state index is 0.0850. The van der Waals surface area contributed by atoms with Gasteiger partial charge in [-0.2, -0.15) is 4.99 Å². The predicted octanol–water partition coefficient (Wildman–Crippen LogP) is 2.62. The normalized spacial score (nSPS) is 14.0. The molecule has 0 aliphatic rings. The van der Waals surface area contributed by atoms with Crippen LogP contribution in [0.3, 0.4) is 0 Å². The van der Waals surface area contributed by atoms with Crippen LogP contribution in [0.2, 0.25) is 0 Å². The van der Waals surface area contributed by atoms with E-state index in [2.05, 4.69) is 6.58 Å². The van der Waals surface area contributed by atoms with Crippen LogP contribution in [0.1, 0.15) is 0 Å². The van der Waals surface area contributed by atoms with Crippen LogP contribution in [-0.2, 0) is 0 Å². The van der Waals surface area contributed by atoms with Crippen molar-refractivity contribution in [2.24, 2.45) is 4.99 Å². The number of aliphatic imine (C=N–C) groups is 1. The summed E-state index contributed by atoms with van der Waals surface area (Å²) in [6.45, 7) is 3.09. The largest absolute Gasteiger partial charge is 0.503 e. The van der Waals surface area contributed by atoms with Crippen molar-refractivity contribution in [2.75, 3.05) is 0 Å². The molecule has 0 amide bonds. The molecule has 0 heterocycles. The number of hydrogen-bond donors (Lipinski definition) is 0. The second kappa shape index (κ2) is 3.90. The van der Waals surface area contributed by atoms with Crippen LogP contribution >= 0.6 is 0 Å². The second-order valence-corrected chi connectivity index (χ2v) is 1.51. The summed E-state index contributed by atoms with van der Waals surface area (Å²) in [6.07, 6.45) is -2.83. The molecule has 0 bridgehead atoms. The molecule has 0 spiro atoms. The van der Waals surface area contributed by atoms with Gasteiger partial charge in [-0.05, 0) is 6.08 Å². The molecule has 0 radical (unpaired) electrons. The first-order chi connectivity index (χ1) is 4.95. The Kier molecular flexibility index (Phi) is 3.50. The minimum Gasteiger partial charge on any atom is -0.205 e. The Labute approximate surface area is 60.7 Å². The molecule has 0 aliphatic carbocycles. The molecule has 0 unspecified atom stereocenters. The zero-order chi connectivity index (χ0) is 8.91. The summed E-state index contributed by atoms with van der Waals surface area (Å²) in [4.78, 5) is 1.96. The molecule has 0 aliphatic heterocycles. The third-order valence-corrected chi connectivity index (χ3v) is 0.611. The van der Waals surface area contributed by atoms with Gasteiger partial charge in [0.1, 0.15) is 5.83 Å². The first-order valence-corrected chi connectivity index (χ1v) is 2.56. The van der Waals surface area contributed by atoms with E-state index < -0.39 is 12.1 Å². The van der Waals surface area contributed by atoms with Gasteiger partial charge in [-0.15, -0.1) is 13.2 Å². The lowest BCUT2D eigenvalue weighted by Crippen LogP contribution is -2.01. The van der Waals surface area contributed by atoms with Crippen molar-refractivity contribution in [3.05, 3.63) is 24.6 Å². The van der Waals surface area contributed by atoms with E-state index in [9.17, 15) is 17.6 Å². The van der Waals surface area contributed by atoms with Gasteiger partial charge in [0.05, 0.1) is 6.21 Å². The molecule has 0 saturated heterocycles. The van der Waals surface area contributed by atoms with E-state index in [0.717, 1.165) is 12.2 Å². The molecule has 0 aromatic heterocycles. The standard InChI is InChI=1S/C6H5F4N/c1-2-3-5(7)4-11-6(8,9)10/h2-4H,1H2/b5-3+,11-4?. The quantitative estimate of drug-likeness (QED) is 0.259. The fraction of sp³-hybridized carbons (Fsp3) is 0.167. The van der Waals surface area contributed by atoms with Crippen molar-refractivity contribution in [3.8, 4) is 0 Å². The fourth-order valence-corrected chi connectivity index (χ4v) is 0.290. The third-order valence-electron chi connectivity index (χ3n) is 0.611. The van der Waals surface area contributed by atoms with Gasteiger partial charge in [-0.25, -0.2) is 4.39 Å². The SMILES string of the molecule is C=C/C=C(/F)C=NC(F)(F)F. The maximum absolute atomic E-state index is 12.1. The highest BCUT2D eigenvalue weighted by Crippen LogP contribution is 2.15. The van der Waals surface area contributed by atoms with Crippen LogP contribution in [-0.4, -0.2) is 12.5 Å². The number of allylic oxidation sites excluding steroid dienone is 3. The Balaban J connectivity index is 4.14. The maximum atomic E-state index is 12.1. The summed E-state index contributed by atoms with van der Waals surface area (Å²) in [7, 11) is 0. The van der Waals surface area contributed by atoms with Crippen molar-refractivity contribution < 1.29 is 17.6 Å². The van der Waals surface area contributed by atoms with Crippen molar-refractivity contribution in [2.45, 2.75) is 6.30 Å². The van der Waals surface area contributed by atoms with E-state index in [1.54, 1.807) is 0 Å². The third kappa shape index (κ3) is 6.76. The molecule has 1 nitrogen and oxygen atoms in total. The van der Waals surface area contributed by atoms with Gasteiger partial charge < -0.3 is 0 Å². The van der Waals surface area contributed by atoms with Crippen LogP contribution in [0, 0.1) is 0 Å². The van der Waals surface area contributed by atoms with E-state index >= 15 is 0 Å². The lowest BCUT2D eigenvalue weighted by molar-refractivity contribution is -0.119. The number of rotatable bonds is 2. The highest BCUT2D eigenvalue weighted by Gasteiger charge is 2.24. The highest BCUT2D eigenvalue weighted by molar-refractivity contribution is 5.76. The molecular formula is C6H5F4N. The van der Waals surface area contributed by atoms with Gasteiger partial charge >= 0.3 is 6.30 Å². The van der Waals surface area contributed by atoms with Crippen molar-refractivity contribution >= 4 is 6.21 Å². The van der Waals surface area contributed by atoms with Gasteiger partial charge in [0.15, 0.2) is 0 Å². The molecule has 5 heteroatoms. The van der Waals surface area contributed by atoms with Gasteiger partial charge in [0, 0.05) is 0 Å². The smallest absolute Gasteiger partial charge is 0.205 e. The van der Waals surface area contributed by atoms with E-state index in [4.69, 9.17) is 0 Å². The van der Waals surface area contributed by atoms with Crippen molar-refractivity contribution in [1.29, 1.82) is 0 Å². The van der Waals surface area contributed by atoms with Crippen LogP contribution in [0.25, 0.3) is 0 Å². The molecule has 0 aromatic rings. The molecule has 11 heavy (non-hydrogen) atoms. The Morgan fingerprint density at radius 3 is 2.27 bits per heavy atom. The van der Waals surface area contributed by atoms with Crippen molar-refractivity contribution in [3.63, 3.8) is 0 Å². The summed E-state index contributed by atoms with van der Waals surface area (Å²) >= 11 is 0. The maximum Gasteiger partial charge on any atom is 0.503 e. The van der Waals surface area contributed by atoms with E-state index in [1.807, 2.05) is 4.99 Å². The van der Waals surface area contributed by atoms with Crippen LogP contribution in [0.4, 0.5) is 17.6 Å². The fourth-order valence-electron chi connectivity index (χ4n) is 0.290. The molecule has 0 N–H and O–H groups in total. The molecule has 0 atom stereocenters. The molecule has 0 saturated carbocycles. The zero-order valence-corrected chi connectivity index (χ0v) is 5.40. The average Bonchev–Trinajstić information content (AvgIpc) is 1.83. The Bertz CT molecular complexity index is 189. The number of halogens is 4. The minimum atomic E-state index is -4.72. The summed E-state index contributed by atoms with van der Waals surface area (Å²) < 4.78 is 45.8. The van der Waals surface area contributed by atoms with Crippen molar-refractivity contribution in [1.82, 2.24) is 0 Å². The van der Waals surface area contributed by atoms with Gasteiger partial charge in [-0.1, -0.05) is 12.7 Å². The topological polar surface area (TPSA) is 12.4 Å². The van der Waals surface area contributed by atoms with Crippen LogP contribution < -0.4 is 0 Å². The van der Waals surface area contributed by atoms with E-state index in [0.29, 0.717) is 0 Å². The first kappa shape index (κ1) is 9.87. The Morgan fingerprint density at radius 2 is 1.91 bits per heavy atom. The second-order valence-electron chi connectivity index (χ2n) is 1.51. The predicted molar refractivity (Wildman–Crippen MR) is 33.9 cm³/mol.